The molecule has 0 aliphatic rings. The van der Waals surface area contributed by atoms with Crippen LogP contribution in [0, 0.1) is 5.82 Å². The van der Waals surface area contributed by atoms with Crippen LogP contribution in [0.25, 0.3) is 0 Å². The van der Waals surface area contributed by atoms with Crippen molar-refractivity contribution in [3.8, 4) is 5.75 Å². The molecular weight excluding hydrogens is 195 g/mol. The molecule has 3 nitrogen and oxygen atoms in total. The van der Waals surface area contributed by atoms with E-state index in [-0.39, 0.29) is 11.6 Å². The zero-order chi connectivity index (χ0) is 11.1. The third-order valence-corrected chi connectivity index (χ3v) is 2.03. The van der Waals surface area contributed by atoms with Crippen molar-refractivity contribution in [3.05, 3.63) is 24.0 Å². The molecule has 0 saturated carbocycles. The minimum absolute atomic E-state index is 0.271. The van der Waals surface area contributed by atoms with Gasteiger partial charge in [-0.25, -0.2) is 4.39 Å². The fraction of sp³-hybridized carbons (Fsp3) is 0.455. The first kappa shape index (κ1) is 11.8. The summed E-state index contributed by atoms with van der Waals surface area (Å²) in [6.45, 7) is 4.63. The molecule has 0 unspecified atom stereocenters. The molecule has 0 saturated heterocycles. The van der Waals surface area contributed by atoms with Gasteiger partial charge in [0.2, 0.25) is 0 Å². The van der Waals surface area contributed by atoms with Gasteiger partial charge >= 0.3 is 0 Å². The predicted molar refractivity (Wildman–Crippen MR) is 60.0 cm³/mol. The first-order valence-electron chi connectivity index (χ1n) is 5.06. The zero-order valence-corrected chi connectivity index (χ0v) is 9.14. The van der Waals surface area contributed by atoms with Gasteiger partial charge < -0.3 is 15.4 Å². The number of anilines is 1. The quantitative estimate of drug-likeness (QED) is 0.706. The van der Waals surface area contributed by atoms with Crippen molar-refractivity contribution in [2.45, 2.75) is 6.92 Å². The van der Waals surface area contributed by atoms with E-state index >= 15 is 0 Å². The van der Waals surface area contributed by atoms with Crippen LogP contribution in [0.2, 0.25) is 0 Å². The molecule has 0 aliphatic heterocycles. The van der Waals surface area contributed by atoms with E-state index in [1.165, 1.54) is 13.2 Å². The molecule has 0 amide bonds. The number of ether oxygens (including phenoxy) is 1. The summed E-state index contributed by atoms with van der Waals surface area (Å²) in [5, 5.41) is 6.29. The molecule has 0 radical (unpaired) electrons. The lowest BCUT2D eigenvalue weighted by molar-refractivity contribution is 0.386. The van der Waals surface area contributed by atoms with Crippen LogP contribution in [0.5, 0.6) is 5.75 Å². The van der Waals surface area contributed by atoms with Gasteiger partial charge in [-0.3, -0.25) is 0 Å². The average Bonchev–Trinajstić information content (AvgIpc) is 2.25. The summed E-state index contributed by atoms with van der Waals surface area (Å²) in [6, 6.07) is 4.85. The highest BCUT2D eigenvalue weighted by Crippen LogP contribution is 2.20. The summed E-state index contributed by atoms with van der Waals surface area (Å²) >= 11 is 0. The second-order valence-corrected chi connectivity index (χ2v) is 3.13. The number of methoxy groups -OCH3 is 1. The Morgan fingerprint density at radius 2 is 2.13 bits per heavy atom. The van der Waals surface area contributed by atoms with Crippen molar-refractivity contribution in [1.29, 1.82) is 0 Å². The summed E-state index contributed by atoms with van der Waals surface area (Å²) in [6.07, 6.45) is 0. The fourth-order valence-electron chi connectivity index (χ4n) is 1.25. The minimum Gasteiger partial charge on any atom is -0.494 e. The number of likely N-dealkylation sites (N-methyl/N-ethyl adjacent to an activating group) is 1. The summed E-state index contributed by atoms with van der Waals surface area (Å²) in [5.74, 6) is -0.0711. The second-order valence-electron chi connectivity index (χ2n) is 3.13. The van der Waals surface area contributed by atoms with E-state index < -0.39 is 0 Å². The smallest absolute Gasteiger partial charge is 0.167 e. The van der Waals surface area contributed by atoms with Gasteiger partial charge in [0.1, 0.15) is 0 Å². The zero-order valence-electron chi connectivity index (χ0n) is 9.14. The van der Waals surface area contributed by atoms with Gasteiger partial charge in [-0.15, -0.1) is 0 Å². The van der Waals surface area contributed by atoms with Crippen LogP contribution < -0.4 is 15.4 Å². The van der Waals surface area contributed by atoms with Crippen molar-refractivity contribution in [3.63, 3.8) is 0 Å². The number of nitrogens with one attached hydrogen (secondary N) is 2. The SMILES string of the molecule is CCNCCNc1ccc(OC)c(F)c1. The van der Waals surface area contributed by atoms with Crippen molar-refractivity contribution in [2.75, 3.05) is 32.1 Å². The van der Waals surface area contributed by atoms with Crippen molar-refractivity contribution in [2.24, 2.45) is 0 Å². The molecule has 1 aromatic rings. The van der Waals surface area contributed by atoms with E-state index in [2.05, 4.69) is 10.6 Å². The normalized spacial score (nSPS) is 10.1. The summed E-state index contributed by atoms with van der Waals surface area (Å²) in [7, 11) is 1.46. The molecule has 84 valence electrons. The Morgan fingerprint density at radius 3 is 2.73 bits per heavy atom. The lowest BCUT2D eigenvalue weighted by atomic mass is 10.3. The Hall–Kier alpha value is -1.29. The average molecular weight is 212 g/mol. The van der Waals surface area contributed by atoms with Crippen LogP contribution in [-0.4, -0.2) is 26.7 Å². The first-order chi connectivity index (χ1) is 7.27. The highest BCUT2D eigenvalue weighted by molar-refractivity contribution is 5.47. The third-order valence-electron chi connectivity index (χ3n) is 2.03. The molecule has 0 aromatic heterocycles. The van der Waals surface area contributed by atoms with E-state index in [4.69, 9.17) is 4.74 Å². The molecule has 15 heavy (non-hydrogen) atoms. The topological polar surface area (TPSA) is 33.3 Å². The van der Waals surface area contributed by atoms with Crippen LogP contribution in [-0.2, 0) is 0 Å². The predicted octanol–water partition coefficient (Wildman–Crippen LogP) is 1.86. The second kappa shape index (κ2) is 6.24. The number of hydrogen-bond acceptors (Lipinski definition) is 3. The van der Waals surface area contributed by atoms with Gasteiger partial charge in [0.05, 0.1) is 7.11 Å². The number of benzene rings is 1. The molecule has 1 aromatic carbocycles. The number of hydrogen-bond donors (Lipinski definition) is 2. The van der Waals surface area contributed by atoms with Crippen LogP contribution in [0.4, 0.5) is 10.1 Å². The Balaban J connectivity index is 2.45. The monoisotopic (exact) mass is 212 g/mol. The Labute approximate surface area is 89.6 Å². The molecule has 1 rings (SSSR count). The van der Waals surface area contributed by atoms with Gasteiger partial charge in [0.15, 0.2) is 11.6 Å². The maximum absolute atomic E-state index is 13.2. The van der Waals surface area contributed by atoms with E-state index in [1.807, 2.05) is 6.92 Å². The lowest BCUT2D eigenvalue weighted by Crippen LogP contribution is -2.21. The number of halogens is 1. The van der Waals surface area contributed by atoms with Gasteiger partial charge in [-0.05, 0) is 18.7 Å². The van der Waals surface area contributed by atoms with Crippen molar-refractivity contribution in [1.82, 2.24) is 5.32 Å². The van der Waals surface area contributed by atoms with Crippen LogP contribution in [0.1, 0.15) is 6.92 Å². The molecule has 2 N–H and O–H groups in total. The van der Waals surface area contributed by atoms with E-state index in [1.54, 1.807) is 12.1 Å². The van der Waals surface area contributed by atoms with Crippen LogP contribution in [0.3, 0.4) is 0 Å². The van der Waals surface area contributed by atoms with Crippen LogP contribution in [0.15, 0.2) is 18.2 Å². The Bertz CT molecular complexity index is 305. The number of rotatable bonds is 6. The minimum atomic E-state index is -0.342. The molecule has 0 fully saturated rings. The summed E-state index contributed by atoms with van der Waals surface area (Å²) in [5.41, 5.74) is 0.770. The van der Waals surface area contributed by atoms with E-state index in [0.717, 1.165) is 25.3 Å². The summed E-state index contributed by atoms with van der Waals surface area (Å²) < 4.78 is 18.1. The third kappa shape index (κ3) is 3.75. The van der Waals surface area contributed by atoms with Gasteiger partial charge in [0.25, 0.3) is 0 Å². The summed E-state index contributed by atoms with van der Waals surface area (Å²) in [4.78, 5) is 0. The van der Waals surface area contributed by atoms with Crippen molar-refractivity contribution < 1.29 is 9.13 Å². The van der Waals surface area contributed by atoms with Crippen molar-refractivity contribution >= 4 is 5.69 Å². The molecule has 0 heterocycles. The highest BCUT2D eigenvalue weighted by atomic mass is 19.1. The molecule has 0 atom stereocenters. The van der Waals surface area contributed by atoms with E-state index in [9.17, 15) is 4.39 Å². The highest BCUT2D eigenvalue weighted by Gasteiger charge is 2.02. The van der Waals surface area contributed by atoms with Crippen LogP contribution >= 0.6 is 0 Å². The van der Waals surface area contributed by atoms with Gasteiger partial charge in [-0.2, -0.15) is 0 Å². The first-order valence-corrected chi connectivity index (χ1v) is 5.06. The molecular formula is C11H17FN2O. The van der Waals surface area contributed by atoms with Gasteiger partial charge in [-0.1, -0.05) is 6.92 Å². The molecule has 0 spiro atoms. The maximum atomic E-state index is 13.2. The fourth-order valence-corrected chi connectivity index (χ4v) is 1.25. The standard InChI is InChI=1S/C11H17FN2O/c1-3-13-6-7-14-9-4-5-11(15-2)10(12)8-9/h4-5,8,13-14H,3,6-7H2,1-2H3. The Kier molecular flexibility index (Phi) is 4.90. The lowest BCUT2D eigenvalue weighted by Gasteiger charge is -2.08. The van der Waals surface area contributed by atoms with Gasteiger partial charge in [0, 0.05) is 24.8 Å². The molecule has 0 aliphatic carbocycles. The Morgan fingerprint density at radius 1 is 1.33 bits per heavy atom. The maximum Gasteiger partial charge on any atom is 0.167 e. The van der Waals surface area contributed by atoms with E-state index in [0.29, 0.717) is 0 Å². The molecule has 0 bridgehead atoms. The largest absolute Gasteiger partial charge is 0.494 e. The molecule has 4 heteroatoms.